The third-order valence-corrected chi connectivity index (χ3v) is 6.24. The van der Waals surface area contributed by atoms with Crippen molar-refractivity contribution in [3.8, 4) is 11.3 Å². The number of hydrogen-bond acceptors (Lipinski definition) is 7. The molecule has 0 aliphatic rings. The van der Waals surface area contributed by atoms with Gasteiger partial charge in [-0.05, 0) is 48.5 Å². The van der Waals surface area contributed by atoms with Crippen molar-refractivity contribution in [2.75, 3.05) is 17.8 Å². The summed E-state index contributed by atoms with van der Waals surface area (Å²) in [4.78, 5) is 20.8. The second kappa shape index (κ2) is 7.72. The number of amides is 1. The Bertz CT molecular complexity index is 1270. The Morgan fingerprint density at radius 3 is 2.10 bits per heavy atom. The van der Waals surface area contributed by atoms with E-state index < -0.39 is 25.6 Å². The molecule has 29 heavy (non-hydrogen) atoms. The largest absolute Gasteiger partial charge is 0.321 e. The fourth-order valence-electron chi connectivity index (χ4n) is 2.56. The molecule has 2 aromatic heterocycles. The van der Waals surface area contributed by atoms with E-state index in [9.17, 15) is 21.6 Å². The van der Waals surface area contributed by atoms with Crippen LogP contribution in [0.5, 0.6) is 0 Å². The highest BCUT2D eigenvalue weighted by Crippen LogP contribution is 2.24. The predicted molar refractivity (Wildman–Crippen MR) is 108 cm³/mol. The van der Waals surface area contributed by atoms with E-state index in [2.05, 4.69) is 15.3 Å². The first-order valence-electron chi connectivity index (χ1n) is 8.29. The molecule has 3 aromatic rings. The summed E-state index contributed by atoms with van der Waals surface area (Å²) in [5.41, 5.74) is 1.24. The number of pyridine rings is 2. The average Bonchev–Trinajstić information content (AvgIpc) is 2.67. The molecule has 1 aromatic carbocycles. The number of nitrogens with zero attached hydrogens (tertiary/aromatic N) is 2. The molecule has 1 amide bonds. The molecule has 8 nitrogen and oxygen atoms in total. The molecule has 150 valence electrons. The topological polar surface area (TPSA) is 123 Å². The maximum atomic E-state index is 12.4. The van der Waals surface area contributed by atoms with Crippen LogP contribution in [0.3, 0.4) is 0 Å². The summed E-state index contributed by atoms with van der Waals surface area (Å²) in [5.74, 6) is -0.493. The highest BCUT2D eigenvalue weighted by atomic mass is 32.2. The number of carbonyl (C=O) groups is 1. The van der Waals surface area contributed by atoms with E-state index in [1.165, 1.54) is 54.9 Å². The van der Waals surface area contributed by atoms with Gasteiger partial charge >= 0.3 is 0 Å². The number of nitrogens with one attached hydrogen (secondary N) is 1. The molecule has 0 aliphatic carbocycles. The van der Waals surface area contributed by atoms with Gasteiger partial charge < -0.3 is 5.32 Å². The van der Waals surface area contributed by atoms with E-state index in [0.29, 0.717) is 11.3 Å². The molecular weight excluding hydrogens is 414 g/mol. The summed E-state index contributed by atoms with van der Waals surface area (Å²) in [6.07, 6.45) is 5.05. The first kappa shape index (κ1) is 20.6. The number of benzene rings is 1. The van der Waals surface area contributed by atoms with E-state index in [4.69, 9.17) is 0 Å². The standard InChI is InChI=1S/C19H17N3O5S2/c1-28(24,25)15-8-6-14(7-9-15)22-19(23)16-10-5-13(12-21-16)18-17(29(2,26)27)4-3-11-20-18/h3-12H,1-2H3,(H,22,23). The van der Waals surface area contributed by atoms with Crippen LogP contribution in [-0.2, 0) is 19.7 Å². The van der Waals surface area contributed by atoms with Crippen molar-refractivity contribution >= 4 is 31.3 Å². The lowest BCUT2D eigenvalue weighted by atomic mass is 10.1. The van der Waals surface area contributed by atoms with Gasteiger partial charge in [0.1, 0.15) is 5.69 Å². The zero-order chi connectivity index (χ0) is 21.2. The molecule has 0 aliphatic heterocycles. The molecule has 2 heterocycles. The van der Waals surface area contributed by atoms with Gasteiger partial charge in [0.2, 0.25) is 0 Å². The summed E-state index contributed by atoms with van der Waals surface area (Å²) in [5, 5.41) is 2.62. The number of hydrogen-bond donors (Lipinski definition) is 1. The maximum absolute atomic E-state index is 12.4. The average molecular weight is 431 g/mol. The van der Waals surface area contributed by atoms with E-state index >= 15 is 0 Å². The van der Waals surface area contributed by atoms with Gasteiger partial charge in [-0.25, -0.2) is 16.8 Å². The predicted octanol–water partition coefficient (Wildman–Crippen LogP) is 2.20. The van der Waals surface area contributed by atoms with Crippen LogP contribution < -0.4 is 5.32 Å². The molecule has 10 heteroatoms. The van der Waals surface area contributed by atoms with Crippen LogP contribution in [0.1, 0.15) is 10.5 Å². The van der Waals surface area contributed by atoms with Crippen LogP contribution in [0, 0.1) is 0 Å². The van der Waals surface area contributed by atoms with Crippen LogP contribution in [0.4, 0.5) is 5.69 Å². The van der Waals surface area contributed by atoms with Crippen LogP contribution in [0.2, 0.25) is 0 Å². The molecule has 0 fully saturated rings. The number of anilines is 1. The molecule has 1 N–H and O–H groups in total. The fourth-order valence-corrected chi connectivity index (χ4v) is 4.03. The number of aromatic nitrogens is 2. The molecule has 0 unspecified atom stereocenters. The van der Waals surface area contributed by atoms with Crippen molar-refractivity contribution < 1.29 is 21.6 Å². The van der Waals surface area contributed by atoms with Crippen molar-refractivity contribution in [2.24, 2.45) is 0 Å². The number of carbonyl (C=O) groups excluding carboxylic acids is 1. The Kier molecular flexibility index (Phi) is 5.49. The molecule has 3 rings (SSSR count). The van der Waals surface area contributed by atoms with Gasteiger partial charge in [0, 0.05) is 36.2 Å². The summed E-state index contributed by atoms with van der Waals surface area (Å²) in [6, 6.07) is 11.8. The minimum atomic E-state index is -3.48. The second-order valence-electron chi connectivity index (χ2n) is 6.31. The Morgan fingerprint density at radius 1 is 0.862 bits per heavy atom. The van der Waals surface area contributed by atoms with E-state index in [1.54, 1.807) is 6.07 Å². The number of rotatable bonds is 5. The van der Waals surface area contributed by atoms with Crippen LogP contribution in [0.25, 0.3) is 11.3 Å². The Hall–Kier alpha value is -3.11. The summed E-state index contributed by atoms with van der Waals surface area (Å²) < 4.78 is 46.8. The normalized spacial score (nSPS) is 11.8. The van der Waals surface area contributed by atoms with Gasteiger partial charge in [0.05, 0.1) is 15.5 Å². The highest BCUT2D eigenvalue weighted by molar-refractivity contribution is 7.91. The molecule has 0 spiro atoms. The SMILES string of the molecule is CS(=O)(=O)c1ccc(NC(=O)c2ccc(-c3ncccc3S(C)(=O)=O)cn2)cc1. The maximum Gasteiger partial charge on any atom is 0.274 e. The molecule has 0 bridgehead atoms. The zero-order valence-corrected chi connectivity index (χ0v) is 17.2. The highest BCUT2D eigenvalue weighted by Gasteiger charge is 2.16. The van der Waals surface area contributed by atoms with Crippen molar-refractivity contribution in [3.63, 3.8) is 0 Å². The third-order valence-electron chi connectivity index (χ3n) is 3.98. The van der Waals surface area contributed by atoms with Crippen LogP contribution >= 0.6 is 0 Å². The van der Waals surface area contributed by atoms with Gasteiger partial charge in [-0.3, -0.25) is 14.8 Å². The molecule has 0 atom stereocenters. The van der Waals surface area contributed by atoms with Crippen molar-refractivity contribution in [1.29, 1.82) is 0 Å². The van der Waals surface area contributed by atoms with E-state index in [1.807, 2.05) is 0 Å². The first-order valence-corrected chi connectivity index (χ1v) is 12.1. The van der Waals surface area contributed by atoms with Crippen LogP contribution in [0.15, 0.2) is 70.7 Å². The van der Waals surface area contributed by atoms with Gasteiger partial charge in [0.15, 0.2) is 19.7 Å². The van der Waals surface area contributed by atoms with Gasteiger partial charge in [-0.2, -0.15) is 0 Å². The minimum Gasteiger partial charge on any atom is -0.321 e. The zero-order valence-electron chi connectivity index (χ0n) is 15.5. The fraction of sp³-hybridized carbons (Fsp3) is 0.105. The lowest BCUT2D eigenvalue weighted by Gasteiger charge is -2.08. The Labute approximate surface area is 168 Å². The Morgan fingerprint density at radius 2 is 1.55 bits per heavy atom. The summed E-state index contributed by atoms with van der Waals surface area (Å²) >= 11 is 0. The quantitative estimate of drug-likeness (QED) is 0.657. The molecule has 0 saturated heterocycles. The lowest BCUT2D eigenvalue weighted by molar-refractivity contribution is 0.102. The number of sulfone groups is 2. The van der Waals surface area contributed by atoms with Gasteiger partial charge in [0.25, 0.3) is 5.91 Å². The smallest absolute Gasteiger partial charge is 0.274 e. The Balaban J connectivity index is 1.82. The van der Waals surface area contributed by atoms with Gasteiger partial charge in [-0.1, -0.05) is 0 Å². The van der Waals surface area contributed by atoms with E-state index in [-0.39, 0.29) is 21.2 Å². The van der Waals surface area contributed by atoms with Gasteiger partial charge in [-0.15, -0.1) is 0 Å². The monoisotopic (exact) mass is 431 g/mol. The summed E-state index contributed by atoms with van der Waals surface area (Å²) in [7, 11) is -6.79. The molecule has 0 radical (unpaired) electrons. The molecule has 0 saturated carbocycles. The van der Waals surface area contributed by atoms with Crippen LogP contribution in [-0.4, -0.2) is 45.2 Å². The van der Waals surface area contributed by atoms with Crippen molar-refractivity contribution in [3.05, 3.63) is 66.6 Å². The van der Waals surface area contributed by atoms with Crippen molar-refractivity contribution in [1.82, 2.24) is 9.97 Å². The molecular formula is C19H17N3O5S2. The minimum absolute atomic E-state index is 0.0740. The first-order chi connectivity index (χ1) is 13.6. The summed E-state index contributed by atoms with van der Waals surface area (Å²) in [6.45, 7) is 0. The second-order valence-corrected chi connectivity index (χ2v) is 10.3. The van der Waals surface area contributed by atoms with Crippen molar-refractivity contribution in [2.45, 2.75) is 9.79 Å². The third kappa shape index (κ3) is 4.84. The lowest BCUT2D eigenvalue weighted by Crippen LogP contribution is -2.13. The van der Waals surface area contributed by atoms with E-state index in [0.717, 1.165) is 12.5 Å².